The highest BCUT2D eigenvalue weighted by Gasteiger charge is 2.11. The minimum atomic E-state index is -3.06. The molecule has 0 heterocycles. The average Bonchev–Trinajstić information content (AvgIpc) is 2.44. The van der Waals surface area contributed by atoms with Crippen molar-refractivity contribution < 1.29 is 8.42 Å². The fourth-order valence-corrected chi connectivity index (χ4v) is 3.48. The van der Waals surface area contributed by atoms with E-state index in [0.29, 0.717) is 13.1 Å². The maximum atomic E-state index is 12.0. The standard InChI is InChI=1S/C17H21NO2S.ClH/c1-15-6-5-9-17(12-15)13-18-10-11-21(19,20)14-16-7-3-2-4-8-16;/h2-9,12,18H,10-11,13-14H2,1H3;1H. The Morgan fingerprint density at radius 3 is 2.32 bits per heavy atom. The number of benzene rings is 2. The molecule has 0 radical (unpaired) electrons. The lowest BCUT2D eigenvalue weighted by Crippen LogP contribution is -2.23. The molecule has 0 saturated carbocycles. The topological polar surface area (TPSA) is 46.2 Å². The molecule has 5 heteroatoms. The highest BCUT2D eigenvalue weighted by atomic mass is 35.5. The molecule has 0 bridgehead atoms. The molecule has 0 atom stereocenters. The summed E-state index contributed by atoms with van der Waals surface area (Å²) in [6.45, 7) is 3.22. The third-order valence-electron chi connectivity index (χ3n) is 3.23. The number of sulfone groups is 1. The Balaban J connectivity index is 0.00000242. The van der Waals surface area contributed by atoms with Crippen LogP contribution >= 0.6 is 12.4 Å². The number of hydrogen-bond acceptors (Lipinski definition) is 3. The van der Waals surface area contributed by atoms with Crippen LogP contribution < -0.4 is 5.32 Å². The van der Waals surface area contributed by atoms with Gasteiger partial charge in [0.1, 0.15) is 0 Å². The van der Waals surface area contributed by atoms with E-state index < -0.39 is 9.84 Å². The lowest BCUT2D eigenvalue weighted by Gasteiger charge is -2.07. The van der Waals surface area contributed by atoms with Crippen molar-refractivity contribution in [2.75, 3.05) is 12.3 Å². The van der Waals surface area contributed by atoms with Gasteiger partial charge in [-0.15, -0.1) is 12.4 Å². The van der Waals surface area contributed by atoms with Crippen LogP contribution in [0.3, 0.4) is 0 Å². The minimum Gasteiger partial charge on any atom is -0.312 e. The first-order valence-corrected chi connectivity index (χ1v) is 8.88. The Morgan fingerprint density at radius 2 is 1.64 bits per heavy atom. The summed E-state index contributed by atoms with van der Waals surface area (Å²) < 4.78 is 24.1. The molecular formula is C17H22ClNO2S. The molecule has 0 aromatic heterocycles. The van der Waals surface area contributed by atoms with E-state index in [1.54, 1.807) is 0 Å². The molecule has 0 saturated heterocycles. The first kappa shape index (κ1) is 18.7. The lowest BCUT2D eigenvalue weighted by atomic mass is 10.1. The maximum absolute atomic E-state index is 12.0. The van der Waals surface area contributed by atoms with Gasteiger partial charge in [-0.05, 0) is 18.1 Å². The summed E-state index contributed by atoms with van der Waals surface area (Å²) in [5.74, 6) is 0.272. The molecule has 0 spiro atoms. The first-order chi connectivity index (χ1) is 10.1. The molecule has 22 heavy (non-hydrogen) atoms. The fourth-order valence-electron chi connectivity index (χ4n) is 2.18. The molecule has 120 valence electrons. The molecule has 3 nitrogen and oxygen atoms in total. The lowest BCUT2D eigenvalue weighted by molar-refractivity contribution is 0.590. The van der Waals surface area contributed by atoms with Crippen LogP contribution in [-0.4, -0.2) is 20.7 Å². The highest BCUT2D eigenvalue weighted by Crippen LogP contribution is 2.06. The molecule has 1 N–H and O–H groups in total. The van der Waals surface area contributed by atoms with Crippen LogP contribution in [0.5, 0.6) is 0 Å². The van der Waals surface area contributed by atoms with E-state index in [-0.39, 0.29) is 23.9 Å². The van der Waals surface area contributed by atoms with Gasteiger partial charge in [-0.25, -0.2) is 8.42 Å². The van der Waals surface area contributed by atoms with Gasteiger partial charge < -0.3 is 5.32 Å². The summed E-state index contributed by atoms with van der Waals surface area (Å²) in [6.07, 6.45) is 0. The quantitative estimate of drug-likeness (QED) is 0.788. The smallest absolute Gasteiger partial charge is 0.155 e. The van der Waals surface area contributed by atoms with Gasteiger partial charge in [0.25, 0.3) is 0 Å². The van der Waals surface area contributed by atoms with E-state index >= 15 is 0 Å². The molecule has 0 aliphatic rings. The van der Waals surface area contributed by atoms with Crippen LogP contribution in [-0.2, 0) is 22.1 Å². The summed E-state index contributed by atoms with van der Waals surface area (Å²) in [5.41, 5.74) is 3.23. The van der Waals surface area contributed by atoms with Crippen molar-refractivity contribution in [3.63, 3.8) is 0 Å². The molecule has 2 aromatic carbocycles. The van der Waals surface area contributed by atoms with Gasteiger partial charge in [-0.3, -0.25) is 0 Å². The Kier molecular flexibility index (Phi) is 7.59. The maximum Gasteiger partial charge on any atom is 0.155 e. The van der Waals surface area contributed by atoms with E-state index in [9.17, 15) is 8.42 Å². The molecule has 0 unspecified atom stereocenters. The molecule has 0 aliphatic heterocycles. The molecule has 0 fully saturated rings. The second kappa shape index (κ2) is 8.93. The Labute approximate surface area is 139 Å². The number of rotatable bonds is 7. The molecule has 0 aliphatic carbocycles. The van der Waals surface area contributed by atoms with Gasteiger partial charge in [0.05, 0.1) is 11.5 Å². The van der Waals surface area contributed by atoms with E-state index in [4.69, 9.17) is 0 Å². The SMILES string of the molecule is Cc1cccc(CNCCS(=O)(=O)Cc2ccccc2)c1.Cl. The van der Waals surface area contributed by atoms with Gasteiger partial charge in [-0.1, -0.05) is 60.2 Å². The second-order valence-corrected chi connectivity index (χ2v) is 7.43. The van der Waals surface area contributed by atoms with E-state index in [0.717, 1.165) is 5.56 Å². The largest absolute Gasteiger partial charge is 0.312 e. The van der Waals surface area contributed by atoms with Crippen LogP contribution in [0.25, 0.3) is 0 Å². The molecule has 0 amide bonds. The van der Waals surface area contributed by atoms with Gasteiger partial charge in [0.15, 0.2) is 9.84 Å². The number of nitrogens with one attached hydrogen (secondary N) is 1. The summed E-state index contributed by atoms with van der Waals surface area (Å²) in [7, 11) is -3.06. The van der Waals surface area contributed by atoms with Crippen LogP contribution in [0, 0.1) is 6.92 Å². The van der Waals surface area contributed by atoms with Crippen LogP contribution in [0.15, 0.2) is 54.6 Å². The molecule has 2 aromatic rings. The van der Waals surface area contributed by atoms with Gasteiger partial charge in [0.2, 0.25) is 0 Å². The normalized spacial score (nSPS) is 11.0. The van der Waals surface area contributed by atoms with Crippen molar-refractivity contribution in [2.45, 2.75) is 19.2 Å². The summed E-state index contributed by atoms with van der Waals surface area (Å²) in [6, 6.07) is 17.5. The highest BCUT2D eigenvalue weighted by molar-refractivity contribution is 7.90. The van der Waals surface area contributed by atoms with Crippen LogP contribution in [0.2, 0.25) is 0 Å². The predicted octanol–water partition coefficient (Wildman–Crippen LogP) is 3.12. The Bertz CT molecular complexity index is 672. The number of halogens is 1. The van der Waals surface area contributed by atoms with Crippen LogP contribution in [0.4, 0.5) is 0 Å². The molecular weight excluding hydrogens is 318 g/mol. The number of aryl methyl sites for hydroxylation is 1. The monoisotopic (exact) mass is 339 g/mol. The number of hydrogen-bond donors (Lipinski definition) is 1. The summed E-state index contributed by atoms with van der Waals surface area (Å²) in [4.78, 5) is 0. The third kappa shape index (κ3) is 6.60. The fraction of sp³-hybridized carbons (Fsp3) is 0.294. The minimum absolute atomic E-state index is 0. The van der Waals surface area contributed by atoms with Gasteiger partial charge in [-0.2, -0.15) is 0 Å². The zero-order valence-electron chi connectivity index (χ0n) is 12.7. The zero-order chi connectivity index (χ0) is 15.1. The van der Waals surface area contributed by atoms with E-state index in [1.807, 2.05) is 55.5 Å². The van der Waals surface area contributed by atoms with Crippen molar-refractivity contribution in [3.05, 3.63) is 71.3 Å². The second-order valence-electron chi connectivity index (χ2n) is 5.24. The van der Waals surface area contributed by atoms with Crippen molar-refractivity contribution in [2.24, 2.45) is 0 Å². The zero-order valence-corrected chi connectivity index (χ0v) is 14.3. The van der Waals surface area contributed by atoms with E-state index in [1.165, 1.54) is 11.1 Å². The van der Waals surface area contributed by atoms with Crippen molar-refractivity contribution in [1.29, 1.82) is 0 Å². The van der Waals surface area contributed by atoms with Crippen molar-refractivity contribution in [3.8, 4) is 0 Å². The summed E-state index contributed by atoms with van der Waals surface area (Å²) in [5, 5.41) is 3.19. The third-order valence-corrected chi connectivity index (χ3v) is 4.83. The van der Waals surface area contributed by atoms with Gasteiger partial charge in [0, 0.05) is 13.1 Å². The van der Waals surface area contributed by atoms with Gasteiger partial charge >= 0.3 is 0 Å². The first-order valence-electron chi connectivity index (χ1n) is 7.06. The Hall–Kier alpha value is -1.36. The summed E-state index contributed by atoms with van der Waals surface area (Å²) >= 11 is 0. The Morgan fingerprint density at radius 1 is 0.955 bits per heavy atom. The van der Waals surface area contributed by atoms with Crippen molar-refractivity contribution >= 4 is 22.2 Å². The predicted molar refractivity (Wildman–Crippen MR) is 94.1 cm³/mol. The van der Waals surface area contributed by atoms with Crippen molar-refractivity contribution in [1.82, 2.24) is 5.32 Å². The molecule has 2 rings (SSSR count). The van der Waals surface area contributed by atoms with Crippen LogP contribution in [0.1, 0.15) is 16.7 Å². The average molecular weight is 340 g/mol. The van der Waals surface area contributed by atoms with E-state index in [2.05, 4.69) is 11.4 Å².